The number of rotatable bonds is 6. The highest BCUT2D eigenvalue weighted by Crippen LogP contribution is 2.43. The van der Waals surface area contributed by atoms with Crippen LogP contribution in [-0.4, -0.2) is 33.6 Å². The van der Waals surface area contributed by atoms with Gasteiger partial charge in [-0.1, -0.05) is 66.5 Å². The van der Waals surface area contributed by atoms with E-state index in [0.717, 1.165) is 0 Å². The Bertz CT molecular complexity index is 1190. The van der Waals surface area contributed by atoms with Gasteiger partial charge in [-0.3, -0.25) is 14.5 Å². The van der Waals surface area contributed by atoms with Crippen LogP contribution in [0.3, 0.4) is 0 Å². The maximum absolute atomic E-state index is 13.1. The molecule has 4 rings (SSSR count). The topological polar surface area (TPSA) is 92.6 Å². The van der Waals surface area contributed by atoms with Crippen molar-refractivity contribution < 1.29 is 19.4 Å². The van der Waals surface area contributed by atoms with Crippen molar-refractivity contribution in [1.29, 1.82) is 0 Å². The molecule has 1 N–H and O–H groups in total. The number of benzene rings is 2. The van der Waals surface area contributed by atoms with Gasteiger partial charge >= 0.3 is 5.91 Å². The predicted octanol–water partition coefficient (Wildman–Crippen LogP) is 4.04. The van der Waals surface area contributed by atoms with E-state index < -0.39 is 17.7 Å². The molecule has 1 atom stereocenters. The Labute approximate surface area is 182 Å². The van der Waals surface area contributed by atoms with E-state index in [4.69, 9.17) is 4.74 Å². The van der Waals surface area contributed by atoms with Crippen LogP contribution in [0.2, 0.25) is 0 Å². The minimum atomic E-state index is -0.875. The molecule has 0 radical (unpaired) electrons. The van der Waals surface area contributed by atoms with E-state index in [1.54, 1.807) is 67.6 Å². The summed E-state index contributed by atoms with van der Waals surface area (Å²) in [6.07, 6.45) is 1.62. The molecule has 0 saturated carbocycles. The number of ether oxygens (including phenoxy) is 1. The van der Waals surface area contributed by atoms with Crippen molar-refractivity contribution in [3.05, 3.63) is 89.0 Å². The minimum Gasteiger partial charge on any atom is -0.507 e. The number of aliphatic hydroxyl groups is 1. The third-order valence-electron chi connectivity index (χ3n) is 4.75. The van der Waals surface area contributed by atoms with Crippen LogP contribution in [0.25, 0.3) is 5.76 Å². The molecule has 2 heterocycles. The molecular formula is C23H19N3O4S. The maximum Gasteiger partial charge on any atom is 0.301 e. The van der Waals surface area contributed by atoms with Gasteiger partial charge in [-0.25, -0.2) is 0 Å². The summed E-state index contributed by atoms with van der Waals surface area (Å²) in [6.45, 7) is 5.71. The molecule has 1 aliphatic heterocycles. The number of ketones is 1. The molecule has 7 nitrogen and oxygen atoms in total. The lowest BCUT2D eigenvalue weighted by Gasteiger charge is -2.23. The molecule has 1 aliphatic rings. The van der Waals surface area contributed by atoms with E-state index in [-0.39, 0.29) is 16.5 Å². The third kappa shape index (κ3) is 3.85. The highest BCUT2D eigenvalue weighted by atomic mass is 32.1. The monoisotopic (exact) mass is 433 g/mol. The average molecular weight is 433 g/mol. The summed E-state index contributed by atoms with van der Waals surface area (Å²) < 4.78 is 5.62. The normalized spacial score (nSPS) is 17.7. The molecule has 156 valence electrons. The number of carbonyl (C=O) groups excluding carboxylic acids is 2. The Morgan fingerprint density at radius 3 is 2.65 bits per heavy atom. The Balaban J connectivity index is 1.91. The van der Waals surface area contributed by atoms with Crippen molar-refractivity contribution in [2.75, 3.05) is 11.5 Å². The van der Waals surface area contributed by atoms with Gasteiger partial charge in [0.1, 0.15) is 23.1 Å². The van der Waals surface area contributed by atoms with Crippen LogP contribution in [0.1, 0.15) is 22.2 Å². The van der Waals surface area contributed by atoms with Crippen LogP contribution in [0, 0.1) is 6.92 Å². The quantitative estimate of drug-likeness (QED) is 0.273. The van der Waals surface area contributed by atoms with Gasteiger partial charge in [-0.05, 0) is 24.6 Å². The summed E-state index contributed by atoms with van der Waals surface area (Å²) in [7, 11) is 0. The zero-order valence-corrected chi connectivity index (χ0v) is 17.5. The molecule has 1 aromatic heterocycles. The number of aromatic nitrogens is 2. The van der Waals surface area contributed by atoms with Crippen LogP contribution in [-0.2, 0) is 9.59 Å². The number of aryl methyl sites for hydroxylation is 1. The van der Waals surface area contributed by atoms with Crippen LogP contribution < -0.4 is 9.64 Å². The second-order valence-electron chi connectivity index (χ2n) is 6.81. The molecule has 1 amide bonds. The summed E-state index contributed by atoms with van der Waals surface area (Å²) in [6, 6.07) is 14.8. The Morgan fingerprint density at radius 2 is 1.97 bits per heavy atom. The number of carbonyl (C=O) groups is 2. The van der Waals surface area contributed by atoms with Crippen molar-refractivity contribution in [1.82, 2.24) is 10.2 Å². The van der Waals surface area contributed by atoms with Gasteiger partial charge in [-0.2, -0.15) is 0 Å². The second-order valence-corrected chi connectivity index (χ2v) is 7.97. The van der Waals surface area contributed by atoms with Crippen LogP contribution >= 0.6 is 11.3 Å². The number of amides is 1. The van der Waals surface area contributed by atoms with Gasteiger partial charge in [0.05, 0.1) is 11.6 Å². The smallest absolute Gasteiger partial charge is 0.301 e. The molecule has 0 bridgehead atoms. The minimum absolute atomic E-state index is 0.00933. The maximum atomic E-state index is 13.1. The molecule has 2 aromatic carbocycles. The predicted molar refractivity (Wildman–Crippen MR) is 118 cm³/mol. The Kier molecular flexibility index (Phi) is 5.64. The number of anilines is 1. The lowest BCUT2D eigenvalue weighted by Crippen LogP contribution is -2.29. The van der Waals surface area contributed by atoms with E-state index in [1.807, 2.05) is 0 Å². The number of aliphatic hydroxyl groups excluding tert-OH is 1. The van der Waals surface area contributed by atoms with E-state index in [9.17, 15) is 14.7 Å². The first-order valence-electron chi connectivity index (χ1n) is 9.51. The lowest BCUT2D eigenvalue weighted by atomic mass is 9.95. The van der Waals surface area contributed by atoms with Crippen molar-refractivity contribution in [3.8, 4) is 5.75 Å². The Morgan fingerprint density at radius 1 is 1.19 bits per heavy atom. The summed E-state index contributed by atoms with van der Waals surface area (Å²) in [5.41, 5.74) is 1.04. The van der Waals surface area contributed by atoms with E-state index in [1.165, 1.54) is 16.2 Å². The zero-order chi connectivity index (χ0) is 22.0. The zero-order valence-electron chi connectivity index (χ0n) is 16.7. The lowest BCUT2D eigenvalue weighted by molar-refractivity contribution is -0.132. The molecule has 1 unspecified atom stereocenters. The average Bonchev–Trinajstić information content (AvgIpc) is 3.33. The van der Waals surface area contributed by atoms with Crippen molar-refractivity contribution >= 4 is 33.9 Å². The van der Waals surface area contributed by atoms with Gasteiger partial charge in [-0.15, -0.1) is 10.2 Å². The molecule has 8 heteroatoms. The summed E-state index contributed by atoms with van der Waals surface area (Å²) in [4.78, 5) is 27.4. The fourth-order valence-electron chi connectivity index (χ4n) is 3.41. The van der Waals surface area contributed by atoms with Gasteiger partial charge in [0.25, 0.3) is 5.78 Å². The number of Topliss-reactive ketones (excluding diaryl/α,β-unsaturated/α-hetero) is 1. The van der Waals surface area contributed by atoms with Crippen LogP contribution in [0.5, 0.6) is 5.75 Å². The highest BCUT2D eigenvalue weighted by molar-refractivity contribution is 7.15. The van der Waals surface area contributed by atoms with Gasteiger partial charge in [0, 0.05) is 5.56 Å². The summed E-state index contributed by atoms with van der Waals surface area (Å²) >= 11 is 1.20. The fourth-order valence-corrected chi connectivity index (χ4v) is 4.12. The van der Waals surface area contributed by atoms with E-state index in [2.05, 4.69) is 16.8 Å². The molecular weight excluding hydrogens is 414 g/mol. The standard InChI is InChI=1S/C23H19N3O4S/c1-3-12-30-17-11-7-10-16(13-17)19-18(20(27)15-8-5-4-6-9-15)21(28)22(29)26(19)23-25-24-14(2)31-23/h3-11,13,19,27H,1,12H2,2H3/b20-18+. The highest BCUT2D eigenvalue weighted by Gasteiger charge is 2.48. The molecule has 0 spiro atoms. The largest absolute Gasteiger partial charge is 0.507 e. The number of nitrogens with zero attached hydrogens (tertiary/aromatic N) is 3. The molecule has 1 saturated heterocycles. The summed E-state index contributed by atoms with van der Waals surface area (Å²) in [5.74, 6) is -1.24. The first-order chi connectivity index (χ1) is 15.0. The van der Waals surface area contributed by atoms with Crippen molar-refractivity contribution in [2.45, 2.75) is 13.0 Å². The van der Waals surface area contributed by atoms with Gasteiger partial charge < -0.3 is 9.84 Å². The van der Waals surface area contributed by atoms with Crippen molar-refractivity contribution in [3.63, 3.8) is 0 Å². The molecule has 1 fully saturated rings. The molecule has 3 aromatic rings. The molecule has 31 heavy (non-hydrogen) atoms. The number of hydrogen-bond donors (Lipinski definition) is 1. The van der Waals surface area contributed by atoms with Gasteiger partial charge in [0.2, 0.25) is 5.13 Å². The van der Waals surface area contributed by atoms with E-state index in [0.29, 0.717) is 28.5 Å². The van der Waals surface area contributed by atoms with Crippen LogP contribution in [0.15, 0.2) is 72.8 Å². The first kappa shape index (κ1) is 20.5. The van der Waals surface area contributed by atoms with Crippen LogP contribution in [0.4, 0.5) is 5.13 Å². The van der Waals surface area contributed by atoms with Crippen molar-refractivity contribution in [2.24, 2.45) is 0 Å². The fraction of sp³-hybridized carbons (Fsp3) is 0.130. The first-order valence-corrected chi connectivity index (χ1v) is 10.3. The Hall–Kier alpha value is -3.78. The third-order valence-corrected chi connectivity index (χ3v) is 5.59. The van der Waals surface area contributed by atoms with Gasteiger partial charge in [0.15, 0.2) is 0 Å². The van der Waals surface area contributed by atoms with E-state index >= 15 is 0 Å². The molecule has 0 aliphatic carbocycles. The number of hydrogen-bond acceptors (Lipinski definition) is 7. The summed E-state index contributed by atoms with van der Waals surface area (Å²) in [5, 5.41) is 20.0. The SMILES string of the molecule is C=CCOc1cccc(C2/C(=C(\O)c3ccccc3)C(=O)C(=O)N2c2nnc(C)s2)c1. The second kappa shape index (κ2) is 8.53.